The lowest BCUT2D eigenvalue weighted by Gasteiger charge is -2.28. The average molecular weight is 386 g/mol. The molecule has 3 aromatic rings. The number of hydrogen-bond donors (Lipinski definition) is 1. The Morgan fingerprint density at radius 3 is 2.30 bits per heavy atom. The van der Waals surface area contributed by atoms with Gasteiger partial charge in [0, 0.05) is 11.1 Å². The fourth-order valence-corrected chi connectivity index (χ4v) is 4.14. The number of nitrogens with one attached hydrogen (secondary N) is 1. The summed E-state index contributed by atoms with van der Waals surface area (Å²) in [6.45, 7) is 1.49. The van der Waals surface area contributed by atoms with E-state index in [1.807, 2.05) is 36.4 Å². The number of carbonyl (C=O) groups is 1. The van der Waals surface area contributed by atoms with Crippen molar-refractivity contribution in [3.8, 4) is 0 Å². The molecule has 0 heterocycles. The smallest absolute Gasteiger partial charge is 0.248 e. The van der Waals surface area contributed by atoms with Crippen LogP contribution >= 0.6 is 0 Å². The summed E-state index contributed by atoms with van der Waals surface area (Å²) in [5.41, 5.74) is 0.817. The number of halogens is 1. The molecule has 0 aliphatic carbocycles. The van der Waals surface area contributed by atoms with Crippen LogP contribution in [0.15, 0.2) is 66.7 Å². The standard InChI is InChI=1S/C20H19FN2O3S/c1-14(23(27(2,25)26)17-12-10-16(21)11-13-17)20(24)22-19-9-5-7-15-6-3-4-8-18(15)19/h3-14H,1-2H3,(H,22,24)/t14-/m1/s1. The van der Waals surface area contributed by atoms with Gasteiger partial charge in [-0.25, -0.2) is 12.8 Å². The van der Waals surface area contributed by atoms with Crippen molar-refractivity contribution >= 4 is 38.1 Å². The van der Waals surface area contributed by atoms with E-state index in [0.29, 0.717) is 5.69 Å². The first-order chi connectivity index (χ1) is 12.8. The second-order valence-electron chi connectivity index (χ2n) is 6.23. The number of fused-ring (bicyclic) bond motifs is 1. The number of carbonyl (C=O) groups excluding carboxylic acids is 1. The quantitative estimate of drug-likeness (QED) is 0.726. The lowest BCUT2D eigenvalue weighted by atomic mass is 10.1. The molecule has 0 unspecified atom stereocenters. The Bertz CT molecular complexity index is 1080. The molecule has 0 aliphatic heterocycles. The molecule has 0 fully saturated rings. The molecule has 5 nitrogen and oxygen atoms in total. The Balaban J connectivity index is 1.93. The van der Waals surface area contributed by atoms with Gasteiger partial charge in [0.25, 0.3) is 0 Å². The molecule has 7 heteroatoms. The topological polar surface area (TPSA) is 66.5 Å². The zero-order valence-corrected chi connectivity index (χ0v) is 15.7. The number of benzene rings is 3. The number of nitrogens with zero attached hydrogens (tertiary/aromatic N) is 1. The Morgan fingerprint density at radius 1 is 1.00 bits per heavy atom. The van der Waals surface area contributed by atoms with Crippen molar-refractivity contribution in [2.24, 2.45) is 0 Å². The number of amides is 1. The highest BCUT2D eigenvalue weighted by Crippen LogP contribution is 2.25. The molecule has 0 spiro atoms. The molecule has 0 saturated heterocycles. The molecule has 3 aromatic carbocycles. The van der Waals surface area contributed by atoms with Gasteiger partial charge in [-0.3, -0.25) is 9.10 Å². The van der Waals surface area contributed by atoms with Gasteiger partial charge < -0.3 is 5.32 Å². The molecule has 0 aliphatic rings. The van der Waals surface area contributed by atoms with Gasteiger partial charge in [0.15, 0.2) is 0 Å². The van der Waals surface area contributed by atoms with E-state index in [1.54, 1.807) is 6.07 Å². The summed E-state index contributed by atoms with van der Waals surface area (Å²) in [6.07, 6.45) is 1.01. The third-order valence-electron chi connectivity index (χ3n) is 4.22. The molecule has 1 atom stereocenters. The van der Waals surface area contributed by atoms with Crippen LogP contribution in [0.2, 0.25) is 0 Å². The van der Waals surface area contributed by atoms with Crippen LogP contribution in [-0.4, -0.2) is 26.6 Å². The summed E-state index contributed by atoms with van der Waals surface area (Å²) in [5.74, 6) is -0.971. The molecule has 0 bridgehead atoms. The predicted molar refractivity (Wildman–Crippen MR) is 106 cm³/mol. The number of rotatable bonds is 5. The van der Waals surface area contributed by atoms with E-state index in [1.165, 1.54) is 19.1 Å². The minimum absolute atomic E-state index is 0.222. The van der Waals surface area contributed by atoms with Gasteiger partial charge >= 0.3 is 0 Å². The maximum Gasteiger partial charge on any atom is 0.248 e. The van der Waals surface area contributed by atoms with Crippen molar-refractivity contribution < 1.29 is 17.6 Å². The van der Waals surface area contributed by atoms with Gasteiger partial charge in [0.1, 0.15) is 11.9 Å². The van der Waals surface area contributed by atoms with E-state index in [0.717, 1.165) is 33.5 Å². The number of anilines is 2. The van der Waals surface area contributed by atoms with Crippen molar-refractivity contribution in [1.82, 2.24) is 0 Å². The van der Waals surface area contributed by atoms with Gasteiger partial charge in [-0.1, -0.05) is 36.4 Å². The highest BCUT2D eigenvalue weighted by atomic mass is 32.2. The van der Waals surface area contributed by atoms with E-state index in [4.69, 9.17) is 0 Å². The predicted octanol–water partition coefficient (Wildman–Crippen LogP) is 3.77. The molecular weight excluding hydrogens is 367 g/mol. The monoisotopic (exact) mass is 386 g/mol. The first-order valence-electron chi connectivity index (χ1n) is 8.31. The van der Waals surface area contributed by atoms with Crippen LogP contribution in [0.1, 0.15) is 6.92 Å². The summed E-state index contributed by atoms with van der Waals surface area (Å²) in [7, 11) is -3.76. The maximum atomic E-state index is 13.2. The first kappa shape index (κ1) is 18.8. The van der Waals surface area contributed by atoms with Crippen LogP contribution in [0.25, 0.3) is 10.8 Å². The maximum absolute atomic E-state index is 13.2. The lowest BCUT2D eigenvalue weighted by molar-refractivity contribution is -0.116. The van der Waals surface area contributed by atoms with Crippen molar-refractivity contribution in [2.75, 3.05) is 15.9 Å². The highest BCUT2D eigenvalue weighted by Gasteiger charge is 2.29. The first-order valence-corrected chi connectivity index (χ1v) is 10.2. The fraction of sp³-hybridized carbons (Fsp3) is 0.150. The molecule has 1 N–H and O–H groups in total. The van der Waals surface area contributed by atoms with Gasteiger partial charge in [-0.15, -0.1) is 0 Å². The molecule has 140 valence electrons. The number of sulfonamides is 1. The van der Waals surface area contributed by atoms with Crippen LogP contribution < -0.4 is 9.62 Å². The largest absolute Gasteiger partial charge is 0.324 e. The van der Waals surface area contributed by atoms with E-state index >= 15 is 0 Å². The third kappa shape index (κ3) is 4.09. The lowest BCUT2D eigenvalue weighted by Crippen LogP contribution is -2.45. The molecule has 0 radical (unpaired) electrons. The summed E-state index contributed by atoms with van der Waals surface area (Å²) < 4.78 is 38.7. The van der Waals surface area contributed by atoms with E-state index in [-0.39, 0.29) is 5.69 Å². The van der Waals surface area contributed by atoms with Crippen molar-refractivity contribution in [3.05, 3.63) is 72.5 Å². The molecule has 1 amide bonds. The van der Waals surface area contributed by atoms with Crippen LogP contribution in [-0.2, 0) is 14.8 Å². The summed E-state index contributed by atoms with van der Waals surface area (Å²) >= 11 is 0. The second kappa shape index (κ2) is 7.36. The molecular formula is C20H19FN2O3S. The van der Waals surface area contributed by atoms with Crippen LogP contribution in [0.4, 0.5) is 15.8 Å². The molecule has 3 rings (SSSR count). The molecule has 27 heavy (non-hydrogen) atoms. The van der Waals surface area contributed by atoms with Crippen LogP contribution in [0.3, 0.4) is 0 Å². The minimum atomic E-state index is -3.76. The Labute approximate surface area is 157 Å². The van der Waals surface area contributed by atoms with Crippen molar-refractivity contribution in [2.45, 2.75) is 13.0 Å². The van der Waals surface area contributed by atoms with Gasteiger partial charge in [0.2, 0.25) is 15.9 Å². The summed E-state index contributed by atoms with van der Waals surface area (Å²) in [5, 5.41) is 4.61. The Morgan fingerprint density at radius 2 is 1.63 bits per heavy atom. The zero-order chi connectivity index (χ0) is 19.6. The van der Waals surface area contributed by atoms with E-state index in [9.17, 15) is 17.6 Å². The SMILES string of the molecule is C[C@H](C(=O)Nc1cccc2ccccc12)N(c1ccc(F)cc1)S(C)(=O)=O. The minimum Gasteiger partial charge on any atom is -0.324 e. The van der Waals surface area contributed by atoms with Gasteiger partial charge in [-0.05, 0) is 42.6 Å². The van der Waals surface area contributed by atoms with E-state index < -0.39 is 27.8 Å². The van der Waals surface area contributed by atoms with E-state index in [2.05, 4.69) is 5.32 Å². The normalized spacial score (nSPS) is 12.6. The highest BCUT2D eigenvalue weighted by molar-refractivity contribution is 7.92. The van der Waals surface area contributed by atoms with Gasteiger partial charge in [-0.2, -0.15) is 0 Å². The number of hydrogen-bond acceptors (Lipinski definition) is 3. The Kier molecular flexibility index (Phi) is 5.14. The summed E-state index contributed by atoms with van der Waals surface area (Å²) in [6, 6.07) is 17.0. The zero-order valence-electron chi connectivity index (χ0n) is 14.9. The average Bonchev–Trinajstić information content (AvgIpc) is 2.62. The molecule has 0 aromatic heterocycles. The molecule has 0 saturated carbocycles. The van der Waals surface area contributed by atoms with Crippen molar-refractivity contribution in [1.29, 1.82) is 0 Å². The van der Waals surface area contributed by atoms with Crippen molar-refractivity contribution in [3.63, 3.8) is 0 Å². The Hall–Kier alpha value is -2.93. The van der Waals surface area contributed by atoms with Gasteiger partial charge in [0.05, 0.1) is 11.9 Å². The fourth-order valence-electron chi connectivity index (χ4n) is 2.97. The van der Waals surface area contributed by atoms with Crippen LogP contribution in [0.5, 0.6) is 0 Å². The summed E-state index contributed by atoms with van der Waals surface area (Å²) in [4.78, 5) is 12.8. The second-order valence-corrected chi connectivity index (χ2v) is 8.09. The third-order valence-corrected chi connectivity index (χ3v) is 5.46. The van der Waals surface area contributed by atoms with Crippen LogP contribution in [0, 0.1) is 5.82 Å².